The molecule has 0 unspecified atom stereocenters. The Morgan fingerprint density at radius 1 is 0.500 bits per heavy atom. The standard InChI is InChI=1S/C34H26N2/c1-20-8-11-31-27(14-20)28-16-21(9-12-32(28)35(31)2)22-10-13-33-29(17-22)30-19-26-24(18-34(30)36(33)3)15-23-6-4-5-7-25(23)26/h4-14,16-19H,15H2,1-3H3. The molecule has 0 radical (unpaired) electrons. The molecule has 0 amide bonds. The topological polar surface area (TPSA) is 9.86 Å². The summed E-state index contributed by atoms with van der Waals surface area (Å²) in [5.74, 6) is 0. The van der Waals surface area contributed by atoms with Crippen molar-refractivity contribution in [2.75, 3.05) is 0 Å². The van der Waals surface area contributed by atoms with Crippen LogP contribution in [0.1, 0.15) is 16.7 Å². The highest BCUT2D eigenvalue weighted by molar-refractivity contribution is 6.12. The average Bonchev–Trinajstić information content (AvgIpc) is 3.50. The number of aromatic nitrogens is 2. The lowest BCUT2D eigenvalue weighted by atomic mass is 9.99. The predicted octanol–water partition coefficient (Wildman–Crippen LogP) is 8.52. The molecule has 0 atom stereocenters. The fourth-order valence-electron chi connectivity index (χ4n) is 6.53. The molecule has 36 heavy (non-hydrogen) atoms. The van der Waals surface area contributed by atoms with Crippen molar-refractivity contribution in [1.82, 2.24) is 9.13 Å². The second-order valence-electron chi connectivity index (χ2n) is 10.5. The van der Waals surface area contributed by atoms with Crippen LogP contribution in [0.4, 0.5) is 0 Å². The van der Waals surface area contributed by atoms with E-state index in [1.54, 1.807) is 0 Å². The largest absolute Gasteiger partial charge is 0.344 e. The molecule has 0 saturated heterocycles. The van der Waals surface area contributed by atoms with Crippen molar-refractivity contribution in [1.29, 1.82) is 0 Å². The molecule has 172 valence electrons. The Hall–Kier alpha value is -4.30. The van der Waals surface area contributed by atoms with Crippen LogP contribution in [-0.4, -0.2) is 9.13 Å². The number of rotatable bonds is 1. The van der Waals surface area contributed by atoms with Crippen molar-refractivity contribution in [2.45, 2.75) is 13.3 Å². The lowest BCUT2D eigenvalue weighted by Crippen LogP contribution is -1.88. The van der Waals surface area contributed by atoms with Crippen LogP contribution in [0.5, 0.6) is 0 Å². The van der Waals surface area contributed by atoms with Gasteiger partial charge in [0, 0.05) is 57.7 Å². The fraction of sp³-hybridized carbons (Fsp3) is 0.118. The van der Waals surface area contributed by atoms with Gasteiger partial charge in [0.1, 0.15) is 0 Å². The number of fused-ring (bicyclic) bond motifs is 9. The van der Waals surface area contributed by atoms with Gasteiger partial charge in [-0.05, 0) is 95.3 Å². The maximum Gasteiger partial charge on any atom is 0.0492 e. The summed E-state index contributed by atoms with van der Waals surface area (Å²) in [4.78, 5) is 0. The first-order chi connectivity index (χ1) is 17.6. The molecule has 0 saturated carbocycles. The third kappa shape index (κ3) is 2.56. The van der Waals surface area contributed by atoms with Crippen molar-refractivity contribution in [3.8, 4) is 22.3 Å². The summed E-state index contributed by atoms with van der Waals surface area (Å²) >= 11 is 0. The highest BCUT2D eigenvalue weighted by Gasteiger charge is 2.21. The molecule has 1 aliphatic rings. The monoisotopic (exact) mass is 462 g/mol. The summed E-state index contributed by atoms with van der Waals surface area (Å²) in [6, 6.07) is 34.3. The van der Waals surface area contributed by atoms with E-state index in [0.717, 1.165) is 6.42 Å². The molecule has 0 fully saturated rings. The maximum atomic E-state index is 2.43. The van der Waals surface area contributed by atoms with E-state index in [0.29, 0.717) is 0 Å². The van der Waals surface area contributed by atoms with E-state index in [1.807, 2.05) is 0 Å². The third-order valence-corrected chi connectivity index (χ3v) is 8.41. The van der Waals surface area contributed by atoms with E-state index in [4.69, 9.17) is 0 Å². The number of hydrogen-bond acceptors (Lipinski definition) is 0. The van der Waals surface area contributed by atoms with Crippen molar-refractivity contribution in [3.05, 3.63) is 108 Å². The Kier molecular flexibility index (Phi) is 3.82. The Morgan fingerprint density at radius 3 is 1.81 bits per heavy atom. The van der Waals surface area contributed by atoms with Crippen LogP contribution in [0.25, 0.3) is 65.9 Å². The van der Waals surface area contributed by atoms with Crippen molar-refractivity contribution < 1.29 is 0 Å². The van der Waals surface area contributed by atoms with Crippen LogP contribution >= 0.6 is 0 Å². The first-order valence-corrected chi connectivity index (χ1v) is 12.7. The molecule has 0 aliphatic heterocycles. The summed E-state index contributed by atoms with van der Waals surface area (Å²) in [6.45, 7) is 2.17. The Labute approximate surface area is 210 Å². The lowest BCUT2D eigenvalue weighted by molar-refractivity contribution is 1.01. The second kappa shape index (κ2) is 6.89. The number of benzene rings is 5. The molecule has 7 aromatic rings. The van der Waals surface area contributed by atoms with Gasteiger partial charge in [-0.2, -0.15) is 0 Å². The number of aryl methyl sites for hydroxylation is 3. The van der Waals surface area contributed by atoms with Gasteiger partial charge in [0.2, 0.25) is 0 Å². The average molecular weight is 463 g/mol. The Morgan fingerprint density at radius 2 is 1.08 bits per heavy atom. The van der Waals surface area contributed by atoms with E-state index in [-0.39, 0.29) is 0 Å². The van der Waals surface area contributed by atoms with Crippen molar-refractivity contribution in [2.24, 2.45) is 14.1 Å². The van der Waals surface area contributed by atoms with E-state index < -0.39 is 0 Å². The molecule has 2 heteroatoms. The summed E-state index contributed by atoms with van der Waals surface area (Å²) in [7, 11) is 4.36. The zero-order valence-corrected chi connectivity index (χ0v) is 20.8. The normalized spacial score (nSPS) is 12.8. The molecular formula is C34H26N2. The van der Waals surface area contributed by atoms with Gasteiger partial charge in [-0.1, -0.05) is 48.0 Å². The first kappa shape index (κ1) is 19.9. The third-order valence-electron chi connectivity index (χ3n) is 8.41. The minimum absolute atomic E-state index is 1.03. The van der Waals surface area contributed by atoms with E-state index >= 15 is 0 Å². The molecule has 8 rings (SSSR count). The van der Waals surface area contributed by atoms with Gasteiger partial charge >= 0.3 is 0 Å². The zero-order chi connectivity index (χ0) is 24.1. The molecule has 0 bridgehead atoms. The van der Waals surface area contributed by atoms with Gasteiger partial charge in [-0.15, -0.1) is 0 Å². The molecule has 0 N–H and O–H groups in total. The minimum atomic E-state index is 1.03. The SMILES string of the molecule is Cc1ccc2c(c1)c1cc(-c3ccc4c(c3)c3cc5c(cc3n4C)Cc3ccccc3-5)ccc1n2C. The van der Waals surface area contributed by atoms with Gasteiger partial charge < -0.3 is 9.13 Å². The highest BCUT2D eigenvalue weighted by Crippen LogP contribution is 2.42. The van der Waals surface area contributed by atoms with Crippen LogP contribution in [0.3, 0.4) is 0 Å². The number of nitrogens with zero attached hydrogens (tertiary/aromatic N) is 2. The van der Waals surface area contributed by atoms with Crippen LogP contribution < -0.4 is 0 Å². The Bertz CT molecular complexity index is 2050. The molecular weight excluding hydrogens is 436 g/mol. The highest BCUT2D eigenvalue weighted by atomic mass is 14.9. The summed E-state index contributed by atoms with van der Waals surface area (Å²) < 4.78 is 4.66. The van der Waals surface area contributed by atoms with Gasteiger partial charge in [0.25, 0.3) is 0 Å². The molecule has 2 aromatic heterocycles. The molecule has 1 aliphatic carbocycles. The summed E-state index contributed by atoms with van der Waals surface area (Å²) in [5.41, 5.74) is 14.6. The lowest BCUT2D eigenvalue weighted by Gasteiger charge is -2.05. The smallest absolute Gasteiger partial charge is 0.0492 e. The first-order valence-electron chi connectivity index (χ1n) is 12.7. The molecule has 2 nitrogen and oxygen atoms in total. The van der Waals surface area contributed by atoms with E-state index in [9.17, 15) is 0 Å². The quantitative estimate of drug-likeness (QED) is 0.231. The van der Waals surface area contributed by atoms with Gasteiger partial charge in [0.05, 0.1) is 0 Å². The van der Waals surface area contributed by atoms with E-state index in [2.05, 4.69) is 121 Å². The predicted molar refractivity (Wildman–Crippen MR) is 153 cm³/mol. The number of hydrogen-bond donors (Lipinski definition) is 0. The zero-order valence-electron chi connectivity index (χ0n) is 20.8. The van der Waals surface area contributed by atoms with Crippen molar-refractivity contribution in [3.63, 3.8) is 0 Å². The van der Waals surface area contributed by atoms with Crippen LogP contribution in [0.2, 0.25) is 0 Å². The molecule has 5 aromatic carbocycles. The molecule has 0 spiro atoms. The van der Waals surface area contributed by atoms with Crippen LogP contribution in [0.15, 0.2) is 91.0 Å². The molecule has 2 heterocycles. The van der Waals surface area contributed by atoms with Crippen LogP contribution in [0, 0.1) is 6.92 Å². The Balaban J connectivity index is 1.36. The minimum Gasteiger partial charge on any atom is -0.344 e. The van der Waals surface area contributed by atoms with Crippen LogP contribution in [-0.2, 0) is 20.5 Å². The van der Waals surface area contributed by atoms with E-state index in [1.165, 1.54) is 82.6 Å². The second-order valence-corrected chi connectivity index (χ2v) is 10.5. The van der Waals surface area contributed by atoms with Gasteiger partial charge in [0.15, 0.2) is 0 Å². The van der Waals surface area contributed by atoms with Gasteiger partial charge in [-0.3, -0.25) is 0 Å². The summed E-state index contributed by atoms with van der Waals surface area (Å²) in [6.07, 6.45) is 1.03. The van der Waals surface area contributed by atoms with Crippen molar-refractivity contribution >= 4 is 43.6 Å². The van der Waals surface area contributed by atoms with Gasteiger partial charge in [-0.25, -0.2) is 0 Å². The fourth-order valence-corrected chi connectivity index (χ4v) is 6.53. The maximum absolute atomic E-state index is 2.43. The summed E-state index contributed by atoms with van der Waals surface area (Å²) in [5, 5.41) is 5.31.